The molecule has 162 valence electrons. The van der Waals surface area contributed by atoms with Crippen LogP contribution < -0.4 is 0 Å². The maximum Gasteiger partial charge on any atom is 0.434 e. The molecule has 8 nitrogen and oxygen atoms in total. The van der Waals surface area contributed by atoms with Crippen LogP contribution in [0.1, 0.15) is 29.7 Å². The zero-order chi connectivity index (χ0) is 21.9. The SMILES string of the molecule is Cc1cc2ncnn2cc1C1(F)CCN(S(=O)(=O)c2cnn(C)c2C(F)(F)F)CC1. The van der Waals surface area contributed by atoms with Gasteiger partial charge in [-0.2, -0.15) is 27.7 Å². The smallest absolute Gasteiger partial charge is 0.262 e. The van der Waals surface area contributed by atoms with Gasteiger partial charge < -0.3 is 0 Å². The van der Waals surface area contributed by atoms with Gasteiger partial charge in [0.15, 0.2) is 11.3 Å². The van der Waals surface area contributed by atoms with Gasteiger partial charge in [0.1, 0.15) is 16.9 Å². The molecule has 13 heteroatoms. The molecule has 0 saturated carbocycles. The molecule has 1 saturated heterocycles. The van der Waals surface area contributed by atoms with Crippen LogP contribution in [0.5, 0.6) is 0 Å². The Balaban J connectivity index is 1.62. The molecule has 0 unspecified atom stereocenters. The third-order valence-corrected chi connectivity index (χ3v) is 7.31. The summed E-state index contributed by atoms with van der Waals surface area (Å²) in [5.74, 6) is 0. The van der Waals surface area contributed by atoms with Gasteiger partial charge in [0.05, 0.1) is 6.20 Å². The fraction of sp³-hybridized carbons (Fsp3) is 0.471. The van der Waals surface area contributed by atoms with E-state index in [2.05, 4.69) is 15.2 Å². The number of aryl methyl sites for hydroxylation is 2. The molecule has 30 heavy (non-hydrogen) atoms. The maximum absolute atomic E-state index is 15.8. The van der Waals surface area contributed by atoms with Gasteiger partial charge in [-0.3, -0.25) is 4.68 Å². The molecule has 1 aliphatic rings. The lowest BCUT2D eigenvalue weighted by Gasteiger charge is -2.36. The molecule has 0 aliphatic carbocycles. The fourth-order valence-corrected chi connectivity index (χ4v) is 5.46. The van der Waals surface area contributed by atoms with Crippen molar-refractivity contribution in [2.75, 3.05) is 13.1 Å². The first-order valence-corrected chi connectivity index (χ1v) is 10.5. The Kier molecular flexibility index (Phi) is 4.65. The summed E-state index contributed by atoms with van der Waals surface area (Å²) in [6.07, 6.45) is -1.75. The van der Waals surface area contributed by atoms with Crippen molar-refractivity contribution in [1.29, 1.82) is 0 Å². The van der Waals surface area contributed by atoms with E-state index in [1.165, 1.54) is 17.0 Å². The second-order valence-electron chi connectivity index (χ2n) is 7.28. The number of nitrogens with zero attached hydrogens (tertiary/aromatic N) is 6. The Bertz CT molecular complexity index is 1210. The summed E-state index contributed by atoms with van der Waals surface area (Å²) in [5, 5.41) is 7.45. The van der Waals surface area contributed by atoms with E-state index < -0.39 is 32.5 Å². The highest BCUT2D eigenvalue weighted by molar-refractivity contribution is 7.89. The van der Waals surface area contributed by atoms with E-state index in [1.54, 1.807) is 13.0 Å². The van der Waals surface area contributed by atoms with Crippen LogP contribution in [0.25, 0.3) is 5.65 Å². The Morgan fingerprint density at radius 2 is 1.83 bits per heavy atom. The number of halogens is 4. The second kappa shape index (κ2) is 6.74. The third-order valence-electron chi connectivity index (χ3n) is 5.41. The first-order valence-electron chi connectivity index (χ1n) is 9.02. The van der Waals surface area contributed by atoms with Crippen LogP contribution in [0.15, 0.2) is 29.7 Å². The van der Waals surface area contributed by atoms with Gasteiger partial charge in [-0.25, -0.2) is 22.3 Å². The third kappa shape index (κ3) is 3.25. The zero-order valence-electron chi connectivity index (χ0n) is 16.1. The van der Waals surface area contributed by atoms with E-state index in [0.717, 1.165) is 11.4 Å². The average Bonchev–Trinajstić information content (AvgIpc) is 3.27. The number of pyridine rings is 1. The molecule has 0 aromatic carbocycles. The van der Waals surface area contributed by atoms with Crippen molar-refractivity contribution in [3.63, 3.8) is 0 Å². The van der Waals surface area contributed by atoms with Crippen molar-refractivity contribution in [2.24, 2.45) is 7.05 Å². The monoisotopic (exact) mass is 446 g/mol. The lowest BCUT2D eigenvalue weighted by molar-refractivity contribution is -0.146. The Hall–Kier alpha value is -2.54. The molecule has 0 radical (unpaired) electrons. The standard InChI is InChI=1S/C17H18F4N6O2S/c1-11-7-14-22-10-24-27(14)9-12(11)16(18)3-5-26(6-4-16)30(28,29)13-8-23-25(2)15(13)17(19,20)21/h7-10H,3-6H2,1-2H3. The Morgan fingerprint density at radius 3 is 2.47 bits per heavy atom. The summed E-state index contributed by atoms with van der Waals surface area (Å²) in [4.78, 5) is 3.11. The summed E-state index contributed by atoms with van der Waals surface area (Å²) in [6, 6.07) is 1.68. The first-order chi connectivity index (χ1) is 13.9. The van der Waals surface area contributed by atoms with E-state index in [-0.39, 0.29) is 25.9 Å². The molecule has 0 bridgehead atoms. The van der Waals surface area contributed by atoms with Crippen LogP contribution in [0.3, 0.4) is 0 Å². The zero-order valence-corrected chi connectivity index (χ0v) is 16.9. The first kappa shape index (κ1) is 20.7. The number of hydrogen-bond donors (Lipinski definition) is 0. The van der Waals surface area contributed by atoms with E-state index in [4.69, 9.17) is 0 Å². The van der Waals surface area contributed by atoms with Crippen LogP contribution in [0.4, 0.5) is 17.6 Å². The van der Waals surface area contributed by atoms with Gasteiger partial charge in [-0.05, 0) is 31.4 Å². The largest absolute Gasteiger partial charge is 0.434 e. The Labute approximate surface area is 169 Å². The van der Waals surface area contributed by atoms with E-state index >= 15 is 4.39 Å². The quantitative estimate of drug-likeness (QED) is 0.577. The highest BCUT2D eigenvalue weighted by Crippen LogP contribution is 2.41. The maximum atomic E-state index is 15.8. The van der Waals surface area contributed by atoms with Crippen molar-refractivity contribution in [2.45, 2.75) is 36.5 Å². The molecule has 4 heterocycles. The molecule has 1 fully saturated rings. The van der Waals surface area contributed by atoms with Crippen molar-refractivity contribution >= 4 is 15.7 Å². The minimum absolute atomic E-state index is 0.200. The summed E-state index contributed by atoms with van der Waals surface area (Å²) >= 11 is 0. The van der Waals surface area contributed by atoms with Crippen molar-refractivity contribution in [3.05, 3.63) is 41.6 Å². The molecule has 4 rings (SSSR count). The van der Waals surface area contributed by atoms with Crippen molar-refractivity contribution < 1.29 is 26.0 Å². The molecule has 3 aromatic rings. The summed E-state index contributed by atoms with van der Waals surface area (Å²) in [5.41, 5.74) is -1.64. The number of fused-ring (bicyclic) bond motifs is 1. The van der Waals surface area contributed by atoms with Gasteiger partial charge >= 0.3 is 6.18 Å². The fourth-order valence-electron chi connectivity index (χ4n) is 3.85. The van der Waals surface area contributed by atoms with E-state index in [1.807, 2.05) is 0 Å². The van der Waals surface area contributed by atoms with Gasteiger partial charge in [0.2, 0.25) is 10.0 Å². The van der Waals surface area contributed by atoms with E-state index in [9.17, 15) is 21.6 Å². The minimum Gasteiger partial charge on any atom is -0.262 e. The van der Waals surface area contributed by atoms with Crippen LogP contribution in [0.2, 0.25) is 0 Å². The van der Waals surface area contributed by atoms with Crippen molar-refractivity contribution in [1.82, 2.24) is 28.7 Å². The van der Waals surface area contributed by atoms with Crippen LogP contribution in [-0.4, -0.2) is 50.2 Å². The number of sulfonamides is 1. The van der Waals surface area contributed by atoms with E-state index in [0.29, 0.717) is 27.7 Å². The number of alkyl halides is 4. The van der Waals surface area contributed by atoms with Gasteiger partial charge in [0.25, 0.3) is 0 Å². The highest BCUT2D eigenvalue weighted by atomic mass is 32.2. The number of rotatable bonds is 3. The van der Waals surface area contributed by atoms with Gasteiger partial charge in [0, 0.05) is 31.9 Å². The van der Waals surface area contributed by atoms with Gasteiger partial charge in [-0.15, -0.1) is 0 Å². The summed E-state index contributed by atoms with van der Waals surface area (Å²) in [6.45, 7) is 1.19. The predicted octanol–water partition coefficient (Wildman–Crippen LogP) is 2.44. The van der Waals surface area contributed by atoms with Gasteiger partial charge in [-0.1, -0.05) is 0 Å². The molecule has 0 atom stereocenters. The lowest BCUT2D eigenvalue weighted by atomic mass is 9.85. The highest BCUT2D eigenvalue weighted by Gasteiger charge is 2.46. The topological polar surface area (TPSA) is 85.4 Å². The molecular formula is C17H18F4N6O2S. The van der Waals surface area contributed by atoms with Crippen LogP contribution in [-0.2, 0) is 28.9 Å². The lowest BCUT2D eigenvalue weighted by Crippen LogP contribution is -2.44. The van der Waals surface area contributed by atoms with Crippen LogP contribution in [0, 0.1) is 6.92 Å². The molecule has 3 aromatic heterocycles. The molecule has 1 aliphatic heterocycles. The molecule has 0 spiro atoms. The van der Waals surface area contributed by atoms with Crippen molar-refractivity contribution in [3.8, 4) is 0 Å². The average molecular weight is 446 g/mol. The molecule has 0 N–H and O–H groups in total. The molecule has 0 amide bonds. The number of hydrogen-bond acceptors (Lipinski definition) is 5. The Morgan fingerprint density at radius 1 is 1.17 bits per heavy atom. The normalized spacial score (nSPS) is 18.2. The molecular weight excluding hydrogens is 428 g/mol. The number of aromatic nitrogens is 5. The van der Waals surface area contributed by atoms with Crippen LogP contribution >= 0.6 is 0 Å². The predicted molar refractivity (Wildman–Crippen MR) is 96.7 cm³/mol. The summed E-state index contributed by atoms with van der Waals surface area (Å²) in [7, 11) is -3.47. The summed E-state index contributed by atoms with van der Waals surface area (Å²) < 4.78 is 84.2. The minimum atomic E-state index is -4.89. The number of piperidine rings is 1. The second-order valence-corrected chi connectivity index (χ2v) is 9.19.